The van der Waals surface area contributed by atoms with Crippen LogP contribution in [0.4, 0.5) is 0 Å². The minimum absolute atomic E-state index is 0.153. The van der Waals surface area contributed by atoms with Gasteiger partial charge in [-0.05, 0) is 37.7 Å². The van der Waals surface area contributed by atoms with Crippen molar-refractivity contribution >= 4 is 20.3 Å². The second-order valence-electron chi connectivity index (χ2n) is 7.29. The summed E-state index contributed by atoms with van der Waals surface area (Å²) in [4.78, 5) is 24.3. The number of ether oxygens (including phenoxy) is 1. The average molecular weight is 330 g/mol. The summed E-state index contributed by atoms with van der Waals surface area (Å²) in [5.41, 5.74) is 2.08. The SMILES string of the molecule is CC1=C(O[Si](C)(C)C)CC2C(=O)OC(=O)C2C1c1ccccc1. The largest absolute Gasteiger partial charge is 0.547 e. The highest BCUT2D eigenvalue weighted by Gasteiger charge is 2.53. The van der Waals surface area contributed by atoms with E-state index in [0.29, 0.717) is 6.42 Å². The number of fused-ring (bicyclic) bond motifs is 1. The molecule has 122 valence electrons. The summed E-state index contributed by atoms with van der Waals surface area (Å²) in [7, 11) is -1.79. The van der Waals surface area contributed by atoms with Crippen molar-refractivity contribution in [3.63, 3.8) is 0 Å². The number of hydrogen-bond acceptors (Lipinski definition) is 4. The van der Waals surface area contributed by atoms with Crippen molar-refractivity contribution in [1.29, 1.82) is 0 Å². The van der Waals surface area contributed by atoms with Crippen molar-refractivity contribution in [1.82, 2.24) is 0 Å². The number of rotatable bonds is 3. The van der Waals surface area contributed by atoms with E-state index in [9.17, 15) is 9.59 Å². The van der Waals surface area contributed by atoms with E-state index in [1.54, 1.807) is 0 Å². The summed E-state index contributed by atoms with van der Waals surface area (Å²) in [6.07, 6.45) is 0.467. The summed E-state index contributed by atoms with van der Waals surface area (Å²) >= 11 is 0. The zero-order chi connectivity index (χ0) is 16.8. The van der Waals surface area contributed by atoms with Gasteiger partial charge in [-0.2, -0.15) is 0 Å². The van der Waals surface area contributed by atoms with E-state index >= 15 is 0 Å². The fraction of sp³-hybridized carbons (Fsp3) is 0.444. The van der Waals surface area contributed by atoms with Crippen LogP contribution in [0.2, 0.25) is 19.6 Å². The third-order valence-electron chi connectivity index (χ3n) is 4.47. The van der Waals surface area contributed by atoms with Gasteiger partial charge in [-0.25, -0.2) is 0 Å². The van der Waals surface area contributed by atoms with Crippen molar-refractivity contribution in [2.24, 2.45) is 11.8 Å². The first kappa shape index (κ1) is 16.0. The van der Waals surface area contributed by atoms with Crippen molar-refractivity contribution in [2.45, 2.75) is 38.9 Å². The molecule has 1 heterocycles. The summed E-state index contributed by atoms with van der Waals surface area (Å²) < 4.78 is 11.2. The topological polar surface area (TPSA) is 52.6 Å². The third kappa shape index (κ3) is 2.97. The highest BCUT2D eigenvalue weighted by Crippen LogP contribution is 2.49. The Bertz CT molecular complexity index is 672. The molecule has 0 N–H and O–H groups in total. The second kappa shape index (κ2) is 5.64. The summed E-state index contributed by atoms with van der Waals surface area (Å²) in [5, 5.41) is 0. The summed E-state index contributed by atoms with van der Waals surface area (Å²) in [6.45, 7) is 8.37. The average Bonchev–Trinajstić information content (AvgIpc) is 2.74. The molecular weight excluding hydrogens is 308 g/mol. The maximum atomic E-state index is 12.2. The van der Waals surface area contributed by atoms with Gasteiger partial charge in [-0.3, -0.25) is 9.59 Å². The smallest absolute Gasteiger partial charge is 0.318 e. The van der Waals surface area contributed by atoms with Crippen LogP contribution in [0.25, 0.3) is 0 Å². The predicted octanol–water partition coefficient (Wildman–Crippen LogP) is 3.62. The van der Waals surface area contributed by atoms with Crippen LogP contribution in [0, 0.1) is 11.8 Å². The van der Waals surface area contributed by atoms with Crippen molar-refractivity contribution in [3.05, 3.63) is 47.2 Å². The molecule has 1 saturated heterocycles. The number of carbonyl (C=O) groups is 2. The number of carbonyl (C=O) groups excluding carboxylic acids is 2. The molecule has 5 heteroatoms. The van der Waals surface area contributed by atoms with E-state index in [4.69, 9.17) is 9.16 Å². The van der Waals surface area contributed by atoms with Crippen molar-refractivity contribution in [2.75, 3.05) is 0 Å². The zero-order valence-electron chi connectivity index (χ0n) is 14.0. The van der Waals surface area contributed by atoms with Crippen molar-refractivity contribution in [3.8, 4) is 0 Å². The Morgan fingerprint density at radius 3 is 2.35 bits per heavy atom. The molecule has 0 saturated carbocycles. The van der Waals surface area contributed by atoms with Gasteiger partial charge in [0.2, 0.25) is 8.32 Å². The first-order valence-corrected chi connectivity index (χ1v) is 11.4. The van der Waals surface area contributed by atoms with Crippen LogP contribution >= 0.6 is 0 Å². The molecule has 1 aliphatic heterocycles. The Morgan fingerprint density at radius 1 is 1.09 bits per heavy atom. The fourth-order valence-electron chi connectivity index (χ4n) is 3.55. The van der Waals surface area contributed by atoms with Crippen LogP contribution in [0.5, 0.6) is 0 Å². The lowest BCUT2D eigenvalue weighted by Gasteiger charge is -2.35. The van der Waals surface area contributed by atoms with Gasteiger partial charge in [0.15, 0.2) is 0 Å². The molecule has 3 unspecified atom stereocenters. The molecule has 23 heavy (non-hydrogen) atoms. The first-order valence-electron chi connectivity index (χ1n) is 7.97. The Kier molecular flexibility index (Phi) is 3.92. The quantitative estimate of drug-likeness (QED) is 0.482. The third-order valence-corrected chi connectivity index (χ3v) is 5.33. The zero-order valence-corrected chi connectivity index (χ0v) is 15.0. The standard InChI is InChI=1S/C18H22O4Si/c1-11-14(22-23(2,3)4)10-13-16(18(20)21-17(13)19)15(11)12-8-6-5-7-9-12/h5-9,13,15-16H,10H2,1-4H3. The normalized spacial score (nSPS) is 27.7. The van der Waals surface area contributed by atoms with Crippen LogP contribution in [0.1, 0.15) is 24.8 Å². The highest BCUT2D eigenvalue weighted by atomic mass is 28.4. The molecule has 3 atom stereocenters. The van der Waals surface area contributed by atoms with E-state index in [-0.39, 0.29) is 5.92 Å². The Morgan fingerprint density at radius 2 is 1.74 bits per heavy atom. The van der Waals surface area contributed by atoms with Crippen LogP contribution in [0.15, 0.2) is 41.7 Å². The molecule has 1 aromatic carbocycles. The molecule has 3 rings (SSSR count). The Balaban J connectivity index is 2.09. The number of hydrogen-bond donors (Lipinski definition) is 0. The van der Waals surface area contributed by atoms with E-state index in [1.807, 2.05) is 37.3 Å². The fourth-order valence-corrected chi connectivity index (χ4v) is 4.53. The molecule has 1 aliphatic carbocycles. The predicted molar refractivity (Wildman–Crippen MR) is 89.0 cm³/mol. The van der Waals surface area contributed by atoms with E-state index in [1.165, 1.54) is 0 Å². The molecular formula is C18H22O4Si. The van der Waals surface area contributed by atoms with Gasteiger partial charge < -0.3 is 9.16 Å². The van der Waals surface area contributed by atoms with Crippen molar-refractivity contribution < 1.29 is 18.8 Å². The van der Waals surface area contributed by atoms with Crippen LogP contribution in [-0.2, 0) is 18.8 Å². The van der Waals surface area contributed by atoms with E-state index in [0.717, 1.165) is 16.9 Å². The van der Waals surface area contributed by atoms with Gasteiger partial charge in [0.1, 0.15) is 0 Å². The summed E-state index contributed by atoms with van der Waals surface area (Å²) in [6, 6.07) is 9.85. The van der Waals surface area contributed by atoms with Crippen LogP contribution in [-0.4, -0.2) is 20.3 Å². The lowest BCUT2D eigenvalue weighted by molar-refractivity contribution is -0.153. The number of allylic oxidation sites excluding steroid dienone is 2. The minimum atomic E-state index is -1.79. The molecule has 0 aromatic heterocycles. The molecule has 0 amide bonds. The lowest BCUT2D eigenvalue weighted by Crippen LogP contribution is -2.34. The van der Waals surface area contributed by atoms with E-state index < -0.39 is 32.1 Å². The number of benzene rings is 1. The maximum absolute atomic E-state index is 12.2. The molecule has 1 fully saturated rings. The lowest BCUT2D eigenvalue weighted by atomic mass is 9.70. The number of cyclic esters (lactones) is 2. The monoisotopic (exact) mass is 330 g/mol. The van der Waals surface area contributed by atoms with Gasteiger partial charge in [0.05, 0.1) is 17.6 Å². The molecule has 4 nitrogen and oxygen atoms in total. The maximum Gasteiger partial charge on any atom is 0.318 e. The Hall–Kier alpha value is -1.88. The second-order valence-corrected chi connectivity index (χ2v) is 11.7. The molecule has 2 aliphatic rings. The van der Waals surface area contributed by atoms with Gasteiger partial charge in [-0.1, -0.05) is 30.3 Å². The Labute approximate surface area is 137 Å². The summed E-state index contributed by atoms with van der Waals surface area (Å²) in [5.74, 6) is -0.960. The molecule has 0 radical (unpaired) electrons. The van der Waals surface area contributed by atoms with Gasteiger partial charge in [0.25, 0.3) is 0 Å². The van der Waals surface area contributed by atoms with Gasteiger partial charge in [0, 0.05) is 12.3 Å². The molecule has 0 bridgehead atoms. The highest BCUT2D eigenvalue weighted by molar-refractivity contribution is 6.70. The molecule has 0 spiro atoms. The molecule has 1 aromatic rings. The minimum Gasteiger partial charge on any atom is -0.547 e. The van der Waals surface area contributed by atoms with E-state index in [2.05, 4.69) is 19.6 Å². The first-order chi connectivity index (χ1) is 10.8. The van der Waals surface area contributed by atoms with Crippen LogP contribution in [0.3, 0.4) is 0 Å². The van der Waals surface area contributed by atoms with Gasteiger partial charge in [-0.15, -0.1) is 0 Å². The number of esters is 2. The van der Waals surface area contributed by atoms with Crippen LogP contribution < -0.4 is 0 Å². The van der Waals surface area contributed by atoms with Gasteiger partial charge >= 0.3 is 11.9 Å².